The van der Waals surface area contributed by atoms with Gasteiger partial charge in [0.25, 0.3) is 0 Å². The lowest BCUT2D eigenvalue weighted by atomic mass is 9.86. The van der Waals surface area contributed by atoms with Gasteiger partial charge in [-0.05, 0) is 13.3 Å². The van der Waals surface area contributed by atoms with Gasteiger partial charge in [0.15, 0.2) is 0 Å². The highest BCUT2D eigenvalue weighted by atomic mass is 19.4. The van der Waals surface area contributed by atoms with Crippen LogP contribution in [0.15, 0.2) is 0 Å². The second-order valence-electron chi connectivity index (χ2n) is 4.52. The maximum atomic E-state index is 12.3. The van der Waals surface area contributed by atoms with Gasteiger partial charge >= 0.3 is 6.18 Å². The third kappa shape index (κ3) is 1.82. The van der Waals surface area contributed by atoms with Gasteiger partial charge in [0, 0.05) is 19.6 Å². The van der Waals surface area contributed by atoms with Crippen molar-refractivity contribution in [2.45, 2.75) is 25.9 Å². The molecule has 2 saturated heterocycles. The van der Waals surface area contributed by atoms with Gasteiger partial charge in [-0.15, -0.1) is 0 Å². The van der Waals surface area contributed by atoms with Crippen LogP contribution in [-0.2, 0) is 4.79 Å². The van der Waals surface area contributed by atoms with Crippen molar-refractivity contribution >= 4 is 5.91 Å². The number of rotatable bonds is 1. The molecule has 2 rings (SSSR count). The molecule has 0 bridgehead atoms. The van der Waals surface area contributed by atoms with Crippen LogP contribution in [0.3, 0.4) is 0 Å². The quantitative estimate of drug-likeness (QED) is 0.669. The molecule has 0 aliphatic carbocycles. The van der Waals surface area contributed by atoms with Crippen LogP contribution in [0.1, 0.15) is 19.8 Å². The van der Waals surface area contributed by atoms with Gasteiger partial charge in [0.1, 0.15) is 0 Å². The van der Waals surface area contributed by atoms with Crippen molar-refractivity contribution in [2.24, 2.45) is 5.41 Å². The Morgan fingerprint density at radius 2 is 2.07 bits per heavy atom. The highest BCUT2D eigenvalue weighted by Crippen LogP contribution is 2.41. The number of hydrazine groups is 1. The van der Waals surface area contributed by atoms with E-state index in [0.717, 1.165) is 6.42 Å². The Morgan fingerprint density at radius 3 is 2.60 bits per heavy atom. The fourth-order valence-electron chi connectivity index (χ4n) is 2.42. The first kappa shape index (κ1) is 10.7. The average Bonchev–Trinajstić information content (AvgIpc) is 2.53. The van der Waals surface area contributed by atoms with Crippen molar-refractivity contribution < 1.29 is 18.0 Å². The number of nitrogens with zero attached hydrogens (tertiary/aromatic N) is 2. The van der Waals surface area contributed by atoms with Gasteiger partial charge in [-0.3, -0.25) is 9.80 Å². The summed E-state index contributed by atoms with van der Waals surface area (Å²) < 4.78 is 36.9. The maximum absolute atomic E-state index is 12.3. The second-order valence-corrected chi connectivity index (χ2v) is 4.52. The normalized spacial score (nSPS) is 32.5. The van der Waals surface area contributed by atoms with Crippen molar-refractivity contribution in [3.8, 4) is 0 Å². The minimum atomic E-state index is -4.27. The fourth-order valence-corrected chi connectivity index (χ4v) is 2.42. The van der Waals surface area contributed by atoms with Crippen molar-refractivity contribution in [3.05, 3.63) is 0 Å². The largest absolute Gasteiger partial charge is 0.390 e. The number of amides is 1. The lowest BCUT2D eigenvalue weighted by molar-refractivity contribution is -0.165. The number of hydrogen-bond donors (Lipinski definition) is 0. The molecule has 0 aromatic heterocycles. The van der Waals surface area contributed by atoms with E-state index < -0.39 is 18.0 Å². The molecule has 6 heteroatoms. The van der Waals surface area contributed by atoms with Gasteiger partial charge in [-0.25, -0.2) is 5.01 Å². The molecule has 0 aromatic rings. The highest BCUT2D eigenvalue weighted by Gasteiger charge is 2.53. The van der Waals surface area contributed by atoms with Crippen LogP contribution in [0.25, 0.3) is 0 Å². The summed E-state index contributed by atoms with van der Waals surface area (Å²) in [6.45, 7) is 2.86. The van der Waals surface area contributed by atoms with Crippen molar-refractivity contribution in [2.75, 3.05) is 19.6 Å². The van der Waals surface area contributed by atoms with Crippen LogP contribution in [0.4, 0.5) is 13.2 Å². The summed E-state index contributed by atoms with van der Waals surface area (Å²) in [5.41, 5.74) is -1.28. The van der Waals surface area contributed by atoms with E-state index in [1.807, 2.05) is 0 Å². The summed E-state index contributed by atoms with van der Waals surface area (Å²) in [6.07, 6.45) is -4.44. The first-order valence-corrected chi connectivity index (χ1v) is 4.95. The molecule has 3 nitrogen and oxygen atoms in total. The van der Waals surface area contributed by atoms with Gasteiger partial charge in [-0.2, -0.15) is 13.2 Å². The van der Waals surface area contributed by atoms with E-state index in [2.05, 4.69) is 0 Å². The topological polar surface area (TPSA) is 23.6 Å². The van der Waals surface area contributed by atoms with Crippen LogP contribution >= 0.6 is 0 Å². The molecule has 0 spiro atoms. The molecule has 2 aliphatic rings. The van der Waals surface area contributed by atoms with Crippen LogP contribution < -0.4 is 0 Å². The maximum Gasteiger partial charge on any atom is 0.390 e. The number of hydrogen-bond acceptors (Lipinski definition) is 2. The fraction of sp³-hybridized carbons (Fsp3) is 0.889. The number of halogens is 3. The molecule has 1 unspecified atom stereocenters. The summed E-state index contributed by atoms with van der Waals surface area (Å²) in [4.78, 5) is 11.8. The zero-order valence-electron chi connectivity index (χ0n) is 8.47. The van der Waals surface area contributed by atoms with E-state index >= 15 is 0 Å². The summed E-state index contributed by atoms with van der Waals surface area (Å²) in [5.74, 6) is -0.377. The lowest BCUT2D eigenvalue weighted by Crippen LogP contribution is -2.36. The van der Waals surface area contributed by atoms with Gasteiger partial charge in [0.2, 0.25) is 5.91 Å². The van der Waals surface area contributed by atoms with Gasteiger partial charge in [0.05, 0.1) is 11.8 Å². The molecule has 0 saturated carbocycles. The first-order chi connectivity index (χ1) is 6.82. The summed E-state index contributed by atoms with van der Waals surface area (Å²) >= 11 is 0. The number of alkyl halides is 3. The molecular weight excluding hydrogens is 209 g/mol. The Labute approximate surface area is 85.8 Å². The van der Waals surface area contributed by atoms with Gasteiger partial charge < -0.3 is 0 Å². The average molecular weight is 222 g/mol. The Kier molecular flexibility index (Phi) is 2.22. The predicted molar refractivity (Wildman–Crippen MR) is 46.7 cm³/mol. The van der Waals surface area contributed by atoms with E-state index in [4.69, 9.17) is 0 Å². The Balaban J connectivity index is 2.14. The lowest BCUT2D eigenvalue weighted by Gasteiger charge is -2.22. The van der Waals surface area contributed by atoms with Crippen LogP contribution in [0.2, 0.25) is 0 Å². The highest BCUT2D eigenvalue weighted by molar-refractivity contribution is 5.84. The number of carbonyl (C=O) groups is 1. The zero-order valence-corrected chi connectivity index (χ0v) is 8.47. The van der Waals surface area contributed by atoms with Crippen molar-refractivity contribution in [1.82, 2.24) is 10.0 Å². The monoisotopic (exact) mass is 222 g/mol. The molecule has 1 atom stereocenters. The van der Waals surface area contributed by atoms with Crippen LogP contribution in [0, 0.1) is 5.41 Å². The summed E-state index contributed by atoms with van der Waals surface area (Å²) in [7, 11) is 0. The molecular formula is C9H13F3N2O. The Bertz CT molecular complexity index is 292. The van der Waals surface area contributed by atoms with Crippen LogP contribution in [-0.4, -0.2) is 41.7 Å². The zero-order chi connectivity index (χ0) is 11.3. The Morgan fingerprint density at radius 1 is 1.40 bits per heavy atom. The molecule has 1 amide bonds. The molecule has 0 aromatic carbocycles. The van der Waals surface area contributed by atoms with Gasteiger partial charge in [-0.1, -0.05) is 0 Å². The van der Waals surface area contributed by atoms with E-state index in [9.17, 15) is 18.0 Å². The SMILES string of the molecule is CC1(CC(F)(F)F)CN2CCCN2C1=O. The number of carbonyl (C=O) groups excluding carboxylic acids is 1. The van der Waals surface area contributed by atoms with E-state index in [1.54, 1.807) is 5.01 Å². The molecule has 15 heavy (non-hydrogen) atoms. The molecule has 0 N–H and O–H groups in total. The van der Waals surface area contributed by atoms with E-state index in [-0.39, 0.29) is 12.5 Å². The van der Waals surface area contributed by atoms with E-state index in [0.29, 0.717) is 13.1 Å². The summed E-state index contributed by atoms with van der Waals surface area (Å²) in [6, 6.07) is 0. The predicted octanol–water partition coefficient (Wildman–Crippen LogP) is 1.41. The number of fused-ring (bicyclic) bond motifs is 1. The van der Waals surface area contributed by atoms with Crippen LogP contribution in [0.5, 0.6) is 0 Å². The van der Waals surface area contributed by atoms with Crippen molar-refractivity contribution in [1.29, 1.82) is 0 Å². The smallest absolute Gasteiger partial charge is 0.275 e. The standard InChI is InChI=1S/C9H13F3N2O/c1-8(5-9(10,11)12)6-13-3-2-4-14(13)7(8)15/h2-6H2,1H3. The molecule has 2 fully saturated rings. The Hall–Kier alpha value is -0.780. The minimum absolute atomic E-state index is 0.200. The first-order valence-electron chi connectivity index (χ1n) is 4.95. The van der Waals surface area contributed by atoms with Crippen molar-refractivity contribution in [3.63, 3.8) is 0 Å². The second kappa shape index (κ2) is 3.10. The molecule has 0 radical (unpaired) electrons. The summed E-state index contributed by atoms with van der Waals surface area (Å²) in [5, 5.41) is 3.19. The molecule has 2 heterocycles. The third-order valence-corrected chi connectivity index (χ3v) is 3.00. The van der Waals surface area contributed by atoms with E-state index in [1.165, 1.54) is 11.9 Å². The minimum Gasteiger partial charge on any atom is -0.275 e. The molecule has 86 valence electrons. The third-order valence-electron chi connectivity index (χ3n) is 3.00. The molecule has 2 aliphatic heterocycles.